The van der Waals surface area contributed by atoms with Gasteiger partial charge in [0, 0.05) is 18.3 Å². The Balaban J connectivity index is 2.71. The molecule has 0 spiro atoms. The topological polar surface area (TPSA) is 46.6 Å². The molecular formula is C9H13NO3. The third-order valence-electron chi connectivity index (χ3n) is 2.00. The Morgan fingerprint density at radius 1 is 1.62 bits per heavy atom. The van der Waals surface area contributed by atoms with Crippen molar-refractivity contribution in [1.82, 2.24) is 4.90 Å². The summed E-state index contributed by atoms with van der Waals surface area (Å²) in [5.74, 6) is 0. The molecule has 0 saturated heterocycles. The van der Waals surface area contributed by atoms with Crippen molar-refractivity contribution in [3.8, 4) is 0 Å². The molecule has 13 heavy (non-hydrogen) atoms. The number of nitrogens with zero attached hydrogens (tertiary/aromatic N) is 1. The maximum Gasteiger partial charge on any atom is 0.413 e. The van der Waals surface area contributed by atoms with Crippen molar-refractivity contribution in [1.29, 1.82) is 0 Å². The van der Waals surface area contributed by atoms with Gasteiger partial charge in [-0.1, -0.05) is 0 Å². The third-order valence-corrected chi connectivity index (χ3v) is 2.00. The van der Waals surface area contributed by atoms with Gasteiger partial charge in [0.1, 0.15) is 6.29 Å². The van der Waals surface area contributed by atoms with Gasteiger partial charge in [-0.15, -0.1) is 0 Å². The highest BCUT2D eigenvalue weighted by Gasteiger charge is 2.14. The first-order chi connectivity index (χ1) is 6.27. The minimum atomic E-state index is -0.402. The molecule has 0 fully saturated rings. The van der Waals surface area contributed by atoms with E-state index >= 15 is 0 Å². The molecule has 0 saturated carbocycles. The van der Waals surface area contributed by atoms with Crippen LogP contribution in [0.15, 0.2) is 11.8 Å². The van der Waals surface area contributed by atoms with Crippen LogP contribution in [0.4, 0.5) is 4.79 Å². The van der Waals surface area contributed by atoms with Crippen molar-refractivity contribution in [2.24, 2.45) is 0 Å². The predicted octanol–water partition coefficient (Wildman–Crippen LogP) is 1.32. The Kier molecular flexibility index (Phi) is 3.49. The second-order valence-corrected chi connectivity index (χ2v) is 2.94. The zero-order chi connectivity index (χ0) is 9.68. The summed E-state index contributed by atoms with van der Waals surface area (Å²) in [4.78, 5) is 23.1. The smallest absolute Gasteiger partial charge is 0.413 e. The van der Waals surface area contributed by atoms with E-state index in [2.05, 4.69) is 4.74 Å². The summed E-state index contributed by atoms with van der Waals surface area (Å²) in [7, 11) is 1.33. The Hall–Kier alpha value is -1.32. The predicted molar refractivity (Wildman–Crippen MR) is 47.1 cm³/mol. The number of rotatable bonds is 1. The van der Waals surface area contributed by atoms with Crippen LogP contribution in [0.2, 0.25) is 0 Å². The van der Waals surface area contributed by atoms with Gasteiger partial charge >= 0.3 is 6.09 Å². The number of carbonyl (C=O) groups is 2. The Morgan fingerprint density at radius 2 is 2.38 bits per heavy atom. The first kappa shape index (κ1) is 9.77. The molecule has 0 aliphatic carbocycles. The lowest BCUT2D eigenvalue weighted by molar-refractivity contribution is -0.105. The van der Waals surface area contributed by atoms with Gasteiger partial charge in [0.25, 0.3) is 0 Å². The number of allylic oxidation sites excluding steroid dienone is 1. The van der Waals surface area contributed by atoms with Crippen LogP contribution in [0.1, 0.15) is 19.3 Å². The monoisotopic (exact) mass is 183 g/mol. The van der Waals surface area contributed by atoms with Crippen LogP contribution >= 0.6 is 0 Å². The number of hydrogen-bond donors (Lipinski definition) is 0. The first-order valence-corrected chi connectivity index (χ1v) is 4.28. The van der Waals surface area contributed by atoms with E-state index in [1.807, 2.05) is 0 Å². The molecule has 1 aliphatic rings. The van der Waals surface area contributed by atoms with Gasteiger partial charge in [-0.05, 0) is 19.3 Å². The highest BCUT2D eigenvalue weighted by molar-refractivity contribution is 5.76. The molecule has 1 rings (SSSR count). The highest BCUT2D eigenvalue weighted by Crippen LogP contribution is 2.13. The molecule has 0 N–H and O–H groups in total. The number of amides is 1. The molecule has 0 aromatic rings. The third kappa shape index (κ3) is 2.57. The number of ether oxygens (including phenoxy) is 1. The molecule has 0 aromatic carbocycles. The summed E-state index contributed by atoms with van der Waals surface area (Å²) >= 11 is 0. The van der Waals surface area contributed by atoms with Crippen molar-refractivity contribution in [3.63, 3.8) is 0 Å². The van der Waals surface area contributed by atoms with Crippen molar-refractivity contribution in [3.05, 3.63) is 11.8 Å². The lowest BCUT2D eigenvalue weighted by atomic mass is 10.1. The second-order valence-electron chi connectivity index (χ2n) is 2.94. The van der Waals surface area contributed by atoms with Crippen molar-refractivity contribution in [2.45, 2.75) is 19.3 Å². The highest BCUT2D eigenvalue weighted by atomic mass is 16.5. The van der Waals surface area contributed by atoms with Gasteiger partial charge in [-0.25, -0.2) is 4.79 Å². The number of aldehydes is 1. The van der Waals surface area contributed by atoms with Crippen LogP contribution in [0.3, 0.4) is 0 Å². The van der Waals surface area contributed by atoms with E-state index in [0.29, 0.717) is 12.1 Å². The summed E-state index contributed by atoms with van der Waals surface area (Å²) < 4.78 is 4.56. The van der Waals surface area contributed by atoms with Gasteiger partial charge in [0.05, 0.1) is 7.11 Å². The van der Waals surface area contributed by atoms with Gasteiger partial charge in [0.15, 0.2) is 0 Å². The van der Waals surface area contributed by atoms with Crippen molar-refractivity contribution in [2.75, 3.05) is 13.7 Å². The summed E-state index contributed by atoms with van der Waals surface area (Å²) in [5, 5.41) is 0. The fraction of sp³-hybridized carbons (Fsp3) is 0.556. The van der Waals surface area contributed by atoms with Crippen molar-refractivity contribution < 1.29 is 14.3 Å². The number of hydrogen-bond acceptors (Lipinski definition) is 3. The minimum absolute atomic E-state index is 0.402. The van der Waals surface area contributed by atoms with Crippen molar-refractivity contribution >= 4 is 12.4 Å². The molecule has 4 nitrogen and oxygen atoms in total. The Labute approximate surface area is 77.2 Å². The van der Waals surface area contributed by atoms with E-state index in [1.165, 1.54) is 12.0 Å². The molecule has 1 amide bonds. The molecule has 0 radical (unpaired) electrons. The zero-order valence-electron chi connectivity index (χ0n) is 7.66. The van der Waals surface area contributed by atoms with Crippen LogP contribution in [0.5, 0.6) is 0 Å². The van der Waals surface area contributed by atoms with Crippen LogP contribution in [-0.2, 0) is 9.53 Å². The molecule has 72 valence electrons. The van der Waals surface area contributed by atoms with E-state index in [9.17, 15) is 9.59 Å². The molecule has 0 bridgehead atoms. The molecule has 1 aliphatic heterocycles. The molecule has 0 atom stereocenters. The lowest BCUT2D eigenvalue weighted by Crippen LogP contribution is -2.26. The minimum Gasteiger partial charge on any atom is -0.452 e. The first-order valence-electron chi connectivity index (χ1n) is 4.28. The summed E-state index contributed by atoms with van der Waals surface area (Å²) in [6.07, 6.45) is 4.56. The van der Waals surface area contributed by atoms with E-state index in [-0.39, 0.29) is 0 Å². The normalized spacial score (nSPS) is 17.3. The van der Waals surface area contributed by atoms with Gasteiger partial charge in [-0.2, -0.15) is 0 Å². The molecule has 1 heterocycles. The van der Waals surface area contributed by atoms with Crippen LogP contribution in [0, 0.1) is 0 Å². The van der Waals surface area contributed by atoms with Crippen LogP contribution in [0.25, 0.3) is 0 Å². The lowest BCUT2D eigenvalue weighted by Gasteiger charge is -2.14. The van der Waals surface area contributed by atoms with E-state index < -0.39 is 6.09 Å². The quantitative estimate of drug-likeness (QED) is 0.576. The van der Waals surface area contributed by atoms with Gasteiger partial charge < -0.3 is 4.74 Å². The maximum absolute atomic E-state index is 11.1. The van der Waals surface area contributed by atoms with Crippen LogP contribution in [-0.4, -0.2) is 30.9 Å². The van der Waals surface area contributed by atoms with Gasteiger partial charge in [-0.3, -0.25) is 9.69 Å². The number of carbonyl (C=O) groups excluding carboxylic acids is 2. The Bertz CT molecular complexity index is 235. The largest absolute Gasteiger partial charge is 0.452 e. The average Bonchev–Trinajstić information content (AvgIpc) is 2.41. The molecular weight excluding hydrogens is 170 g/mol. The zero-order valence-corrected chi connectivity index (χ0v) is 7.66. The Morgan fingerprint density at radius 3 is 3.00 bits per heavy atom. The second kappa shape index (κ2) is 4.64. The molecule has 0 unspecified atom stereocenters. The van der Waals surface area contributed by atoms with Gasteiger partial charge in [0.2, 0.25) is 0 Å². The molecule has 4 heteroatoms. The summed E-state index contributed by atoms with van der Waals surface area (Å²) in [5.41, 5.74) is 0.655. The molecule has 0 aromatic heterocycles. The SMILES string of the molecule is COC(=O)N1C=C(C=O)CCCC1. The number of methoxy groups -OCH3 is 1. The van der Waals surface area contributed by atoms with Crippen LogP contribution < -0.4 is 0 Å². The van der Waals surface area contributed by atoms with E-state index in [0.717, 1.165) is 25.5 Å². The standard InChI is InChI=1S/C9H13NO3/c1-13-9(12)10-5-3-2-4-8(6-10)7-11/h6-7H,2-5H2,1H3. The fourth-order valence-corrected chi connectivity index (χ4v) is 1.29. The fourth-order valence-electron chi connectivity index (χ4n) is 1.29. The summed E-state index contributed by atoms with van der Waals surface area (Å²) in [6, 6.07) is 0. The van der Waals surface area contributed by atoms with E-state index in [1.54, 1.807) is 6.20 Å². The summed E-state index contributed by atoms with van der Waals surface area (Å²) in [6.45, 7) is 0.629. The maximum atomic E-state index is 11.1. The average molecular weight is 183 g/mol. The van der Waals surface area contributed by atoms with E-state index in [4.69, 9.17) is 0 Å².